The summed E-state index contributed by atoms with van der Waals surface area (Å²) in [7, 11) is 1.89. The smallest absolute Gasteiger partial charge is 0.0724 e. The summed E-state index contributed by atoms with van der Waals surface area (Å²) in [4.78, 5) is 0. The first-order chi connectivity index (χ1) is 8.51. The molecule has 0 amide bonds. The van der Waals surface area contributed by atoms with Crippen molar-refractivity contribution in [1.29, 1.82) is 0 Å². The maximum Gasteiger partial charge on any atom is 0.0724 e. The minimum absolute atomic E-state index is 0.0867. The van der Waals surface area contributed by atoms with Gasteiger partial charge in [-0.3, -0.25) is 0 Å². The van der Waals surface area contributed by atoms with Gasteiger partial charge < -0.3 is 4.74 Å². The van der Waals surface area contributed by atoms with Crippen LogP contribution in [0.4, 0.5) is 0 Å². The molecule has 1 nitrogen and oxygen atoms in total. The summed E-state index contributed by atoms with van der Waals surface area (Å²) < 4.78 is 5.91. The fourth-order valence-electron chi connectivity index (χ4n) is 3.18. The molecule has 110 valence electrons. The summed E-state index contributed by atoms with van der Waals surface area (Å²) in [6, 6.07) is 0. The molecule has 0 saturated carbocycles. The molecule has 0 rings (SSSR count). The van der Waals surface area contributed by atoms with Crippen LogP contribution in [0, 0.1) is 11.8 Å². The van der Waals surface area contributed by atoms with Gasteiger partial charge in [-0.25, -0.2) is 0 Å². The van der Waals surface area contributed by atoms with Crippen molar-refractivity contribution in [1.82, 2.24) is 0 Å². The van der Waals surface area contributed by atoms with Crippen molar-refractivity contribution < 1.29 is 4.74 Å². The lowest BCUT2D eigenvalue weighted by atomic mass is 9.76. The summed E-state index contributed by atoms with van der Waals surface area (Å²) in [5.74, 6) is 1.20. The Labute approximate surface area is 116 Å². The van der Waals surface area contributed by atoms with Crippen molar-refractivity contribution in [2.24, 2.45) is 11.8 Å². The van der Waals surface area contributed by atoms with Crippen molar-refractivity contribution >= 4 is 0 Å². The molecule has 0 unspecified atom stereocenters. The van der Waals surface area contributed by atoms with Gasteiger partial charge in [0.05, 0.1) is 5.60 Å². The average molecular weight is 256 g/mol. The predicted octanol–water partition coefficient (Wildman–Crippen LogP) is 5.82. The van der Waals surface area contributed by atoms with Crippen molar-refractivity contribution in [3.05, 3.63) is 0 Å². The van der Waals surface area contributed by atoms with Gasteiger partial charge in [0.15, 0.2) is 0 Å². The maximum absolute atomic E-state index is 5.91. The number of hydrogen-bond donors (Lipinski definition) is 0. The summed E-state index contributed by atoms with van der Waals surface area (Å²) in [5.41, 5.74) is 0.0867. The summed E-state index contributed by atoms with van der Waals surface area (Å²) >= 11 is 0. The molecule has 0 aromatic carbocycles. The van der Waals surface area contributed by atoms with Crippen LogP contribution in [-0.4, -0.2) is 12.7 Å². The zero-order valence-electron chi connectivity index (χ0n) is 13.7. The van der Waals surface area contributed by atoms with Gasteiger partial charge >= 0.3 is 0 Å². The largest absolute Gasteiger partial charge is 0.378 e. The Hall–Kier alpha value is -0.0400. The normalized spacial score (nSPS) is 12.7. The lowest BCUT2D eigenvalue weighted by Gasteiger charge is -2.40. The molecule has 0 aliphatic carbocycles. The number of hydrogen-bond acceptors (Lipinski definition) is 1. The molecule has 0 N–H and O–H groups in total. The Balaban J connectivity index is 3.91. The number of methoxy groups -OCH3 is 1. The molecule has 0 bridgehead atoms. The van der Waals surface area contributed by atoms with Crippen LogP contribution in [0.3, 0.4) is 0 Å². The van der Waals surface area contributed by atoms with Crippen LogP contribution in [-0.2, 0) is 4.74 Å². The monoisotopic (exact) mass is 256 g/mol. The van der Waals surface area contributed by atoms with E-state index in [9.17, 15) is 0 Å². The molecule has 0 aliphatic heterocycles. The van der Waals surface area contributed by atoms with Gasteiger partial charge in [0, 0.05) is 7.11 Å². The highest BCUT2D eigenvalue weighted by Gasteiger charge is 2.36. The number of unbranched alkanes of at least 4 members (excludes halogenated alkanes) is 6. The second-order valence-electron chi connectivity index (χ2n) is 6.34. The molecule has 0 heterocycles. The quantitative estimate of drug-likeness (QED) is 0.423. The first kappa shape index (κ1) is 18.0. The highest BCUT2D eigenvalue weighted by molar-refractivity contribution is 4.86. The minimum atomic E-state index is 0.0867. The third kappa shape index (κ3) is 5.73. The van der Waals surface area contributed by atoms with Gasteiger partial charge in [0.2, 0.25) is 0 Å². The molecule has 0 radical (unpaired) electrons. The number of rotatable bonds is 11. The molecule has 0 fully saturated rings. The molecule has 0 saturated heterocycles. The number of ether oxygens (including phenoxy) is 1. The Morgan fingerprint density at radius 2 is 1.22 bits per heavy atom. The van der Waals surface area contributed by atoms with Crippen LogP contribution >= 0.6 is 0 Å². The van der Waals surface area contributed by atoms with Crippen molar-refractivity contribution in [3.63, 3.8) is 0 Å². The van der Waals surface area contributed by atoms with E-state index < -0.39 is 0 Å². The van der Waals surface area contributed by atoms with Crippen LogP contribution in [0.15, 0.2) is 0 Å². The van der Waals surface area contributed by atoms with E-state index in [0.29, 0.717) is 11.8 Å². The molecule has 0 spiro atoms. The van der Waals surface area contributed by atoms with E-state index >= 15 is 0 Å². The van der Waals surface area contributed by atoms with Gasteiger partial charge in [-0.1, -0.05) is 79.6 Å². The molecule has 18 heavy (non-hydrogen) atoms. The Kier molecular flexibility index (Phi) is 9.81. The third-order valence-electron chi connectivity index (χ3n) is 4.51. The van der Waals surface area contributed by atoms with Gasteiger partial charge in [-0.2, -0.15) is 0 Å². The highest BCUT2D eigenvalue weighted by atomic mass is 16.5. The first-order valence-corrected chi connectivity index (χ1v) is 8.06. The predicted molar refractivity (Wildman–Crippen MR) is 82.0 cm³/mol. The second kappa shape index (κ2) is 9.83. The van der Waals surface area contributed by atoms with Crippen molar-refractivity contribution in [3.8, 4) is 0 Å². The lowest BCUT2D eigenvalue weighted by molar-refractivity contribution is -0.0906. The fourth-order valence-corrected chi connectivity index (χ4v) is 3.18. The molecule has 1 heteroatoms. The standard InChI is InChI=1S/C17H36O/c1-7-8-9-10-11-12-13-14-17(18-6,15(2)3)16(4)5/h15-16H,7-14H2,1-6H3. The van der Waals surface area contributed by atoms with Crippen LogP contribution in [0.2, 0.25) is 0 Å². The van der Waals surface area contributed by atoms with Crippen molar-refractivity contribution in [2.75, 3.05) is 7.11 Å². The van der Waals surface area contributed by atoms with Gasteiger partial charge in [-0.15, -0.1) is 0 Å². The van der Waals surface area contributed by atoms with E-state index in [-0.39, 0.29) is 5.60 Å². The van der Waals surface area contributed by atoms with Crippen LogP contribution in [0.5, 0.6) is 0 Å². The van der Waals surface area contributed by atoms with Crippen LogP contribution in [0.1, 0.15) is 86.0 Å². The summed E-state index contributed by atoms with van der Waals surface area (Å²) in [5, 5.41) is 0. The average Bonchev–Trinajstić information content (AvgIpc) is 2.32. The van der Waals surface area contributed by atoms with E-state index in [2.05, 4.69) is 34.6 Å². The van der Waals surface area contributed by atoms with Crippen LogP contribution < -0.4 is 0 Å². The summed E-state index contributed by atoms with van der Waals surface area (Å²) in [6.07, 6.45) is 10.9. The third-order valence-corrected chi connectivity index (χ3v) is 4.51. The Bertz CT molecular complexity index is 176. The molecule has 0 aromatic rings. The second-order valence-corrected chi connectivity index (χ2v) is 6.34. The van der Waals surface area contributed by atoms with Crippen LogP contribution in [0.25, 0.3) is 0 Å². The zero-order valence-corrected chi connectivity index (χ0v) is 13.7. The molecule has 0 atom stereocenters. The van der Waals surface area contributed by atoms with E-state index in [4.69, 9.17) is 4.74 Å². The summed E-state index contributed by atoms with van der Waals surface area (Å²) in [6.45, 7) is 11.5. The fraction of sp³-hybridized carbons (Fsp3) is 1.00. The Morgan fingerprint density at radius 3 is 1.61 bits per heavy atom. The minimum Gasteiger partial charge on any atom is -0.378 e. The maximum atomic E-state index is 5.91. The topological polar surface area (TPSA) is 9.23 Å². The lowest BCUT2D eigenvalue weighted by Crippen LogP contribution is -2.42. The van der Waals surface area contributed by atoms with Gasteiger partial charge in [0.1, 0.15) is 0 Å². The van der Waals surface area contributed by atoms with E-state index in [1.165, 1.54) is 51.4 Å². The molecular weight excluding hydrogens is 220 g/mol. The SMILES string of the molecule is CCCCCCCCCC(OC)(C(C)C)C(C)C. The van der Waals surface area contributed by atoms with E-state index in [1.54, 1.807) is 0 Å². The van der Waals surface area contributed by atoms with Gasteiger partial charge in [0.25, 0.3) is 0 Å². The molecule has 0 aromatic heterocycles. The van der Waals surface area contributed by atoms with Crippen molar-refractivity contribution in [2.45, 2.75) is 91.6 Å². The molecule has 0 aliphatic rings. The highest BCUT2D eigenvalue weighted by Crippen LogP contribution is 2.35. The van der Waals surface area contributed by atoms with Gasteiger partial charge in [-0.05, 0) is 18.3 Å². The van der Waals surface area contributed by atoms with E-state index in [1.807, 2.05) is 7.11 Å². The first-order valence-electron chi connectivity index (χ1n) is 8.06. The molecular formula is C17H36O. The Morgan fingerprint density at radius 1 is 0.778 bits per heavy atom. The zero-order chi connectivity index (χ0) is 14.0. The van der Waals surface area contributed by atoms with E-state index in [0.717, 1.165) is 0 Å².